The van der Waals surface area contributed by atoms with E-state index in [-0.39, 0.29) is 4.90 Å². The minimum Gasteiger partial charge on any atom is -0.379 e. The SMILES string of the molecule is Cc1ccc(C)c2sc(N(CCCN3CCOCC3)C(=O)CS(=O)(=O)c3ccc(Cl)cc3)nc12. The van der Waals surface area contributed by atoms with E-state index in [1.165, 1.54) is 40.5 Å². The molecule has 4 rings (SSSR count). The van der Waals surface area contributed by atoms with E-state index in [0.717, 1.165) is 41.0 Å². The van der Waals surface area contributed by atoms with Gasteiger partial charge in [-0.05, 0) is 55.7 Å². The number of fused-ring (bicyclic) bond motifs is 1. The highest BCUT2D eigenvalue weighted by atomic mass is 35.5. The summed E-state index contributed by atoms with van der Waals surface area (Å²) in [5.74, 6) is -1.11. The third-order valence-corrected chi connectivity index (χ3v) is 8.99. The van der Waals surface area contributed by atoms with E-state index < -0.39 is 21.5 Å². The Kier molecular flexibility index (Phi) is 7.89. The van der Waals surface area contributed by atoms with Gasteiger partial charge in [-0.15, -0.1) is 0 Å². The van der Waals surface area contributed by atoms with E-state index in [1.807, 2.05) is 26.0 Å². The lowest BCUT2D eigenvalue weighted by Crippen LogP contribution is -2.40. The highest BCUT2D eigenvalue weighted by molar-refractivity contribution is 7.92. The molecule has 2 aromatic carbocycles. The predicted molar refractivity (Wildman–Crippen MR) is 137 cm³/mol. The summed E-state index contributed by atoms with van der Waals surface area (Å²) in [6, 6.07) is 9.93. The minimum absolute atomic E-state index is 0.0782. The molecule has 0 unspecified atom stereocenters. The fourth-order valence-corrected chi connectivity index (χ4v) is 6.41. The normalized spacial score (nSPS) is 15.0. The molecule has 1 aliphatic heterocycles. The van der Waals surface area contributed by atoms with Crippen molar-refractivity contribution in [2.24, 2.45) is 0 Å². The van der Waals surface area contributed by atoms with Crippen molar-refractivity contribution in [2.75, 3.05) is 50.0 Å². The van der Waals surface area contributed by atoms with Crippen LogP contribution in [0.15, 0.2) is 41.3 Å². The summed E-state index contributed by atoms with van der Waals surface area (Å²) in [6.45, 7) is 8.33. The lowest BCUT2D eigenvalue weighted by molar-refractivity contribution is -0.116. The van der Waals surface area contributed by atoms with Crippen LogP contribution in [0.5, 0.6) is 0 Å². The first-order valence-corrected chi connectivity index (χ1v) is 14.0. The lowest BCUT2D eigenvalue weighted by Gasteiger charge is -2.27. The number of amides is 1. The average molecular weight is 522 g/mol. The first-order chi connectivity index (χ1) is 16.2. The average Bonchev–Trinajstić information content (AvgIpc) is 3.26. The fraction of sp³-hybridized carbons (Fsp3) is 0.417. The van der Waals surface area contributed by atoms with Gasteiger partial charge >= 0.3 is 0 Å². The molecule has 1 amide bonds. The lowest BCUT2D eigenvalue weighted by atomic mass is 10.1. The van der Waals surface area contributed by atoms with Gasteiger partial charge in [-0.25, -0.2) is 13.4 Å². The molecule has 10 heteroatoms. The molecule has 0 spiro atoms. The number of benzene rings is 2. The van der Waals surface area contributed by atoms with Gasteiger partial charge in [0.25, 0.3) is 0 Å². The summed E-state index contributed by atoms with van der Waals surface area (Å²) in [4.78, 5) is 22.0. The third-order valence-electron chi connectivity index (χ3n) is 5.91. The molecular weight excluding hydrogens is 494 g/mol. The molecule has 0 bridgehead atoms. The maximum absolute atomic E-state index is 13.4. The number of carbonyl (C=O) groups is 1. The molecule has 0 N–H and O–H groups in total. The Balaban J connectivity index is 1.58. The number of aromatic nitrogens is 1. The molecule has 1 saturated heterocycles. The Morgan fingerprint density at radius 3 is 2.47 bits per heavy atom. The minimum atomic E-state index is -3.82. The topological polar surface area (TPSA) is 79.8 Å². The zero-order valence-electron chi connectivity index (χ0n) is 19.3. The summed E-state index contributed by atoms with van der Waals surface area (Å²) in [6.07, 6.45) is 0.709. The van der Waals surface area contributed by atoms with Crippen LogP contribution in [-0.4, -0.2) is 69.4 Å². The molecule has 0 atom stereocenters. The summed E-state index contributed by atoms with van der Waals surface area (Å²) < 4.78 is 32.3. The molecule has 1 fully saturated rings. The zero-order chi connectivity index (χ0) is 24.3. The highest BCUT2D eigenvalue weighted by Gasteiger charge is 2.27. The number of hydrogen-bond acceptors (Lipinski definition) is 7. The van der Waals surface area contributed by atoms with Gasteiger partial charge in [0.05, 0.1) is 28.3 Å². The number of thiazole rings is 1. The van der Waals surface area contributed by atoms with Crippen molar-refractivity contribution in [1.29, 1.82) is 0 Å². The molecule has 2 heterocycles. The van der Waals surface area contributed by atoms with E-state index in [4.69, 9.17) is 21.3 Å². The Labute approximate surface area is 209 Å². The van der Waals surface area contributed by atoms with Gasteiger partial charge < -0.3 is 4.74 Å². The van der Waals surface area contributed by atoms with E-state index in [0.29, 0.717) is 36.3 Å². The van der Waals surface area contributed by atoms with Crippen molar-refractivity contribution in [3.63, 3.8) is 0 Å². The Bertz CT molecular complexity index is 1230. The van der Waals surface area contributed by atoms with Crippen LogP contribution >= 0.6 is 22.9 Å². The number of rotatable bonds is 8. The van der Waals surface area contributed by atoms with Crippen LogP contribution < -0.4 is 4.90 Å². The van der Waals surface area contributed by atoms with Crippen LogP contribution in [0.25, 0.3) is 10.2 Å². The number of aryl methyl sites for hydroxylation is 2. The number of ether oxygens (including phenoxy) is 1. The molecule has 3 aromatic rings. The van der Waals surface area contributed by atoms with Crippen molar-refractivity contribution in [2.45, 2.75) is 25.2 Å². The monoisotopic (exact) mass is 521 g/mol. The van der Waals surface area contributed by atoms with Gasteiger partial charge in [0.15, 0.2) is 15.0 Å². The first kappa shape index (κ1) is 25.1. The van der Waals surface area contributed by atoms with Gasteiger partial charge in [-0.3, -0.25) is 14.6 Å². The van der Waals surface area contributed by atoms with Crippen molar-refractivity contribution >= 4 is 54.0 Å². The van der Waals surface area contributed by atoms with Crippen LogP contribution in [-0.2, 0) is 19.4 Å². The number of nitrogens with zero attached hydrogens (tertiary/aromatic N) is 3. The standard InChI is InChI=1S/C24H28ClN3O4S2/c1-17-4-5-18(2)23-22(17)26-24(33-23)28(11-3-10-27-12-14-32-15-13-27)21(29)16-34(30,31)20-8-6-19(25)7-9-20/h4-9H,3,10-16H2,1-2H3. The summed E-state index contributed by atoms with van der Waals surface area (Å²) in [5, 5.41) is 0.973. The molecule has 0 radical (unpaired) electrons. The highest BCUT2D eigenvalue weighted by Crippen LogP contribution is 2.33. The Morgan fingerprint density at radius 1 is 1.12 bits per heavy atom. The van der Waals surface area contributed by atoms with Gasteiger partial charge in [0.1, 0.15) is 5.75 Å². The van der Waals surface area contributed by atoms with Crippen LogP contribution in [0.3, 0.4) is 0 Å². The van der Waals surface area contributed by atoms with Crippen LogP contribution in [0.1, 0.15) is 17.5 Å². The van der Waals surface area contributed by atoms with Crippen LogP contribution in [0.2, 0.25) is 5.02 Å². The van der Waals surface area contributed by atoms with Gasteiger partial charge in [0.2, 0.25) is 5.91 Å². The smallest absolute Gasteiger partial charge is 0.244 e. The second-order valence-electron chi connectivity index (χ2n) is 8.44. The predicted octanol–water partition coefficient (Wildman–Crippen LogP) is 4.10. The fourth-order valence-electron chi connectivity index (χ4n) is 3.93. The molecule has 7 nitrogen and oxygen atoms in total. The Hall–Kier alpha value is -2.04. The zero-order valence-corrected chi connectivity index (χ0v) is 21.7. The number of anilines is 1. The quantitative estimate of drug-likeness (QED) is 0.444. The second-order valence-corrected chi connectivity index (χ2v) is 11.8. The largest absolute Gasteiger partial charge is 0.379 e. The maximum Gasteiger partial charge on any atom is 0.244 e. The Morgan fingerprint density at radius 2 is 1.79 bits per heavy atom. The molecule has 34 heavy (non-hydrogen) atoms. The van der Waals surface area contributed by atoms with E-state index in [2.05, 4.69) is 4.90 Å². The number of carbonyl (C=O) groups excluding carboxylic acids is 1. The summed E-state index contributed by atoms with van der Waals surface area (Å²) in [7, 11) is -3.82. The van der Waals surface area contributed by atoms with Crippen molar-refractivity contribution in [3.8, 4) is 0 Å². The number of halogens is 1. The molecule has 182 valence electrons. The van der Waals surface area contributed by atoms with E-state index in [1.54, 1.807) is 0 Å². The molecular formula is C24H28ClN3O4S2. The second kappa shape index (κ2) is 10.7. The molecule has 1 aliphatic rings. The summed E-state index contributed by atoms with van der Waals surface area (Å²) in [5.41, 5.74) is 2.96. The van der Waals surface area contributed by atoms with Crippen molar-refractivity contribution < 1.29 is 17.9 Å². The van der Waals surface area contributed by atoms with E-state index >= 15 is 0 Å². The van der Waals surface area contributed by atoms with Crippen molar-refractivity contribution in [1.82, 2.24) is 9.88 Å². The number of sulfone groups is 1. The van der Waals surface area contributed by atoms with Crippen molar-refractivity contribution in [3.05, 3.63) is 52.5 Å². The number of hydrogen-bond donors (Lipinski definition) is 0. The third kappa shape index (κ3) is 5.78. The van der Waals surface area contributed by atoms with Gasteiger partial charge in [-0.1, -0.05) is 35.1 Å². The number of morpholine rings is 1. The van der Waals surface area contributed by atoms with Crippen LogP contribution in [0, 0.1) is 13.8 Å². The van der Waals surface area contributed by atoms with Gasteiger partial charge in [0, 0.05) is 31.2 Å². The van der Waals surface area contributed by atoms with Crippen LogP contribution in [0.4, 0.5) is 5.13 Å². The van der Waals surface area contributed by atoms with E-state index in [9.17, 15) is 13.2 Å². The maximum atomic E-state index is 13.4. The molecule has 0 aliphatic carbocycles. The summed E-state index contributed by atoms with van der Waals surface area (Å²) >= 11 is 7.33. The first-order valence-electron chi connectivity index (χ1n) is 11.2. The molecule has 0 saturated carbocycles. The van der Waals surface area contributed by atoms with Gasteiger partial charge in [-0.2, -0.15) is 0 Å². The molecule has 1 aromatic heterocycles.